The number of esters is 2. The molecular weight excluding hydrogens is 383 g/mol. The molecule has 0 radical (unpaired) electrons. The molecule has 0 aromatic rings. The van der Waals surface area contributed by atoms with Gasteiger partial charge in [-0.3, -0.25) is 9.59 Å². The first-order chi connectivity index (χ1) is 12.4. The summed E-state index contributed by atoms with van der Waals surface area (Å²) in [6.07, 6.45) is 11.2. The van der Waals surface area contributed by atoms with Crippen LogP contribution in [0.2, 0.25) is 0 Å². The maximum absolute atomic E-state index is 10.9. The summed E-state index contributed by atoms with van der Waals surface area (Å²) in [6.45, 7) is 0.250. The average molecular weight is 401 g/mol. The van der Waals surface area contributed by atoms with Crippen molar-refractivity contribution in [1.29, 1.82) is 0 Å². The van der Waals surface area contributed by atoms with Crippen LogP contribution in [0.3, 0.4) is 0 Å². The van der Waals surface area contributed by atoms with E-state index in [9.17, 15) is 9.59 Å². The van der Waals surface area contributed by atoms with Gasteiger partial charge in [-0.2, -0.15) is 20.5 Å². The minimum atomic E-state index is -0.659. The maximum atomic E-state index is 10.9. The number of ether oxygens (including phenoxy) is 2. The number of carbonyl (C=O) groups is 2. The van der Waals surface area contributed by atoms with Crippen LogP contribution in [0.5, 0.6) is 0 Å². The van der Waals surface area contributed by atoms with Crippen LogP contribution in [0.4, 0.5) is 0 Å². The fourth-order valence-electron chi connectivity index (χ4n) is 1.33. The smallest absolute Gasteiger partial charge is 0.306 e. The number of halogens is 2. The van der Waals surface area contributed by atoms with Gasteiger partial charge in [0.05, 0.1) is 24.6 Å². The van der Waals surface area contributed by atoms with Crippen molar-refractivity contribution in [2.75, 3.05) is 25.0 Å². The predicted octanol–water partition coefficient (Wildman–Crippen LogP) is 2.69. The first-order valence-electron chi connectivity index (χ1n) is 7.63. The molecule has 2 heterocycles. The van der Waals surface area contributed by atoms with Gasteiger partial charge in [-0.05, 0) is 0 Å². The van der Waals surface area contributed by atoms with Gasteiger partial charge in [0.25, 0.3) is 0 Å². The highest BCUT2D eigenvalue weighted by Crippen LogP contribution is 2.30. The predicted molar refractivity (Wildman–Crippen MR) is 94.7 cm³/mol. The second-order valence-electron chi connectivity index (χ2n) is 5.36. The molecule has 0 spiro atoms. The van der Waals surface area contributed by atoms with Crippen LogP contribution < -0.4 is 0 Å². The standard InChI is InChI=1S/2C8H9ClN2O2/c2*1-2-3-4-7(12)13-6-8(5-9)10-11-8/h2*1H,3-6H2. The van der Waals surface area contributed by atoms with Crippen molar-refractivity contribution in [3.8, 4) is 24.7 Å². The Bertz CT molecular complexity index is 584. The normalized spacial score (nSPS) is 16.3. The largest absolute Gasteiger partial charge is 0.461 e. The summed E-state index contributed by atoms with van der Waals surface area (Å²) in [7, 11) is 0. The molecule has 0 aliphatic carbocycles. The van der Waals surface area contributed by atoms with Gasteiger partial charge in [0.1, 0.15) is 13.2 Å². The lowest BCUT2D eigenvalue weighted by molar-refractivity contribution is -0.145. The molecule has 2 aliphatic rings. The molecular formula is C16H18Cl2N4O4. The van der Waals surface area contributed by atoms with E-state index in [4.69, 9.17) is 45.5 Å². The van der Waals surface area contributed by atoms with Crippen LogP contribution in [0.25, 0.3) is 0 Å². The Kier molecular flexibility index (Phi) is 9.04. The minimum absolute atomic E-state index is 0.125. The zero-order chi connectivity index (χ0) is 19.5. The lowest BCUT2D eigenvalue weighted by atomic mass is 10.3. The minimum Gasteiger partial charge on any atom is -0.461 e. The Balaban J connectivity index is 0.000000260. The second kappa shape index (κ2) is 10.7. The molecule has 0 N–H and O–H groups in total. The molecule has 0 aromatic carbocycles. The molecule has 26 heavy (non-hydrogen) atoms. The van der Waals surface area contributed by atoms with Crippen molar-refractivity contribution in [3.63, 3.8) is 0 Å². The van der Waals surface area contributed by atoms with E-state index in [2.05, 4.69) is 32.3 Å². The number of nitrogens with zero attached hydrogens (tertiary/aromatic N) is 4. The molecule has 0 saturated carbocycles. The highest BCUT2D eigenvalue weighted by molar-refractivity contribution is 6.19. The fraction of sp³-hybridized carbons (Fsp3) is 0.625. The van der Waals surface area contributed by atoms with Gasteiger partial charge in [0, 0.05) is 12.8 Å². The van der Waals surface area contributed by atoms with E-state index >= 15 is 0 Å². The van der Waals surface area contributed by atoms with Gasteiger partial charge in [0.2, 0.25) is 11.3 Å². The van der Waals surface area contributed by atoms with E-state index in [0.29, 0.717) is 12.8 Å². The lowest BCUT2D eigenvalue weighted by Crippen LogP contribution is -2.23. The molecule has 0 aromatic heterocycles. The Labute approximate surface area is 161 Å². The van der Waals surface area contributed by atoms with Crippen molar-refractivity contribution in [1.82, 2.24) is 0 Å². The van der Waals surface area contributed by atoms with Gasteiger partial charge in [0.15, 0.2) is 0 Å². The lowest BCUT2D eigenvalue weighted by Gasteiger charge is -2.06. The van der Waals surface area contributed by atoms with Crippen LogP contribution in [0, 0.1) is 24.7 Å². The molecule has 0 amide bonds. The summed E-state index contributed by atoms with van der Waals surface area (Å²) in [5.74, 6) is 4.53. The van der Waals surface area contributed by atoms with Crippen LogP contribution in [-0.2, 0) is 19.1 Å². The topological polar surface area (TPSA) is 102 Å². The molecule has 0 fully saturated rings. The fourth-order valence-corrected chi connectivity index (χ4v) is 1.69. The summed E-state index contributed by atoms with van der Waals surface area (Å²) in [5, 5.41) is 14.7. The van der Waals surface area contributed by atoms with Crippen molar-refractivity contribution >= 4 is 35.1 Å². The number of rotatable bonds is 10. The molecule has 0 unspecified atom stereocenters. The van der Waals surface area contributed by atoms with Crippen molar-refractivity contribution in [2.24, 2.45) is 20.5 Å². The Hall–Kier alpha value is -2.16. The molecule has 10 heteroatoms. The Morgan fingerprint density at radius 2 is 1.15 bits per heavy atom. The second-order valence-corrected chi connectivity index (χ2v) is 5.90. The molecule has 0 saturated heterocycles. The third kappa shape index (κ3) is 8.28. The average Bonchev–Trinajstić information content (AvgIpc) is 3.58. The number of carbonyl (C=O) groups excluding carboxylic acids is 2. The molecule has 140 valence electrons. The quantitative estimate of drug-likeness (QED) is 0.319. The van der Waals surface area contributed by atoms with Crippen molar-refractivity contribution < 1.29 is 19.1 Å². The van der Waals surface area contributed by atoms with Crippen molar-refractivity contribution in [3.05, 3.63) is 0 Å². The van der Waals surface area contributed by atoms with E-state index in [1.54, 1.807) is 0 Å². The number of hydrogen-bond acceptors (Lipinski definition) is 8. The zero-order valence-electron chi connectivity index (χ0n) is 14.0. The van der Waals surface area contributed by atoms with E-state index in [1.165, 1.54) is 0 Å². The molecule has 8 nitrogen and oxygen atoms in total. The zero-order valence-corrected chi connectivity index (χ0v) is 15.5. The van der Waals surface area contributed by atoms with E-state index < -0.39 is 11.3 Å². The molecule has 2 aliphatic heterocycles. The summed E-state index contributed by atoms with van der Waals surface area (Å²) < 4.78 is 9.71. The number of terminal acetylenes is 2. The Morgan fingerprint density at radius 3 is 1.38 bits per heavy atom. The summed E-state index contributed by atoms with van der Waals surface area (Å²) in [6, 6.07) is 0. The van der Waals surface area contributed by atoms with Crippen LogP contribution in [0.15, 0.2) is 20.5 Å². The number of alkyl halides is 2. The van der Waals surface area contributed by atoms with E-state index in [-0.39, 0.29) is 49.8 Å². The summed E-state index contributed by atoms with van der Waals surface area (Å²) in [4.78, 5) is 21.9. The van der Waals surface area contributed by atoms with Crippen LogP contribution >= 0.6 is 23.2 Å². The summed E-state index contributed by atoms with van der Waals surface area (Å²) >= 11 is 11.1. The SMILES string of the molecule is C#CCCC(=O)OCC1(CCl)N=N1.C#CCCC(=O)OCC1(CCl)N=N1. The molecule has 0 atom stereocenters. The highest BCUT2D eigenvalue weighted by atomic mass is 35.5. The first kappa shape index (κ1) is 21.9. The first-order valence-corrected chi connectivity index (χ1v) is 8.70. The van der Waals surface area contributed by atoms with Crippen molar-refractivity contribution in [2.45, 2.75) is 37.0 Å². The van der Waals surface area contributed by atoms with Gasteiger partial charge in [-0.15, -0.1) is 47.9 Å². The van der Waals surface area contributed by atoms with E-state index in [1.807, 2.05) is 0 Å². The molecule has 2 rings (SSSR count). The third-order valence-corrected chi connectivity index (χ3v) is 3.93. The Morgan fingerprint density at radius 1 is 0.808 bits per heavy atom. The van der Waals surface area contributed by atoms with Gasteiger partial charge in [-0.25, -0.2) is 0 Å². The molecule has 0 bridgehead atoms. The van der Waals surface area contributed by atoms with Gasteiger partial charge >= 0.3 is 11.9 Å². The highest BCUT2D eigenvalue weighted by Gasteiger charge is 2.41. The van der Waals surface area contributed by atoms with Crippen LogP contribution in [0.1, 0.15) is 25.7 Å². The van der Waals surface area contributed by atoms with Gasteiger partial charge in [-0.1, -0.05) is 0 Å². The number of hydrogen-bond donors (Lipinski definition) is 0. The monoisotopic (exact) mass is 400 g/mol. The van der Waals surface area contributed by atoms with E-state index in [0.717, 1.165) is 0 Å². The van der Waals surface area contributed by atoms with Gasteiger partial charge < -0.3 is 9.47 Å². The van der Waals surface area contributed by atoms with Crippen LogP contribution in [-0.4, -0.2) is 48.2 Å². The maximum Gasteiger partial charge on any atom is 0.306 e. The summed E-state index contributed by atoms with van der Waals surface area (Å²) in [5.41, 5.74) is -1.32. The third-order valence-electron chi connectivity index (χ3n) is 3.07.